The molecule has 1 atom stereocenters. The number of carboxylic acid groups (broad SMARTS) is 2. The summed E-state index contributed by atoms with van der Waals surface area (Å²) in [6.07, 6.45) is 2.31. The van der Waals surface area contributed by atoms with Gasteiger partial charge in [0.2, 0.25) is 0 Å². The third kappa shape index (κ3) is 6.44. The quantitative estimate of drug-likeness (QED) is 0.731. The molecule has 0 aromatic heterocycles. The number of ether oxygens (including phenoxy) is 1. The van der Waals surface area contributed by atoms with Gasteiger partial charge in [0.1, 0.15) is 11.5 Å². The maximum absolute atomic E-state index is 9.04. The molecule has 0 bridgehead atoms. The number of carboxylic acids is 2. The number of thioether (sulfide) groups is 1. The van der Waals surface area contributed by atoms with E-state index in [9.17, 15) is 0 Å². The number of halogens is 1. The van der Waals surface area contributed by atoms with Gasteiger partial charge in [0, 0.05) is 15.8 Å². The number of quaternary nitrogens is 1. The average molecular weight is 424 g/mol. The van der Waals surface area contributed by atoms with Gasteiger partial charge in [0.05, 0.1) is 25.5 Å². The van der Waals surface area contributed by atoms with E-state index in [1.54, 1.807) is 0 Å². The van der Waals surface area contributed by atoms with E-state index in [-0.39, 0.29) is 0 Å². The largest absolute Gasteiger partial charge is 0.539 e. The second kappa shape index (κ2) is 10.4. The van der Waals surface area contributed by atoms with Crippen LogP contribution in [0.3, 0.4) is 0 Å². The summed E-state index contributed by atoms with van der Waals surface area (Å²) in [5, 5.41) is 17.5. The molecule has 2 N–H and O–H groups in total. The van der Waals surface area contributed by atoms with Gasteiger partial charge in [-0.05, 0) is 43.2 Å². The molecule has 8 heteroatoms. The van der Waals surface area contributed by atoms with Crippen molar-refractivity contribution in [1.29, 1.82) is 0 Å². The number of benzene rings is 2. The maximum Gasteiger partial charge on any atom is 0.351 e. The molecule has 2 aromatic rings. The van der Waals surface area contributed by atoms with Gasteiger partial charge in [-0.25, -0.2) is 4.79 Å². The van der Waals surface area contributed by atoms with Crippen LogP contribution >= 0.6 is 23.4 Å². The molecule has 0 radical (unpaired) electrons. The first-order valence-corrected chi connectivity index (χ1v) is 10.00. The summed E-state index contributed by atoms with van der Waals surface area (Å²) in [6.45, 7) is 1.18. The molecule has 0 amide bonds. The van der Waals surface area contributed by atoms with Gasteiger partial charge in [-0.3, -0.25) is 0 Å². The van der Waals surface area contributed by atoms with E-state index in [0.29, 0.717) is 5.25 Å². The summed E-state index contributed by atoms with van der Waals surface area (Å²) >= 11 is 8.11. The lowest BCUT2D eigenvalue weighted by Crippen LogP contribution is -3.05. The molecular formula is C20H22ClNO5S. The zero-order chi connectivity index (χ0) is 20.7. The highest BCUT2D eigenvalue weighted by atomic mass is 35.5. The van der Waals surface area contributed by atoms with Crippen molar-refractivity contribution in [2.75, 3.05) is 20.6 Å². The topological polar surface area (TPSA) is 91.1 Å². The van der Waals surface area contributed by atoms with E-state index < -0.39 is 11.9 Å². The molecule has 150 valence electrons. The summed E-state index contributed by atoms with van der Waals surface area (Å²) < 4.78 is 6.13. The minimum atomic E-state index is -2.07. The van der Waals surface area contributed by atoms with Gasteiger partial charge in [-0.1, -0.05) is 23.7 Å². The summed E-state index contributed by atoms with van der Waals surface area (Å²) in [7, 11) is 4.40. The van der Waals surface area contributed by atoms with Crippen LogP contribution in [0.2, 0.25) is 5.02 Å². The van der Waals surface area contributed by atoms with E-state index in [2.05, 4.69) is 32.3 Å². The second-order valence-electron chi connectivity index (χ2n) is 6.53. The van der Waals surface area contributed by atoms with Crippen LogP contribution in [-0.4, -0.2) is 37.7 Å². The Bertz CT molecular complexity index is 831. The Balaban J connectivity index is 0.000000409. The smallest absolute Gasteiger partial charge is 0.351 e. The molecule has 0 spiro atoms. The molecule has 3 rings (SSSR count). The number of carbonyl (C=O) groups excluding carboxylic acids is 1. The van der Waals surface area contributed by atoms with Crippen LogP contribution in [0.15, 0.2) is 47.4 Å². The van der Waals surface area contributed by atoms with Gasteiger partial charge >= 0.3 is 5.97 Å². The predicted octanol–water partition coefficient (Wildman–Crippen LogP) is 2.02. The number of hydrogen-bond donors (Lipinski definition) is 2. The number of para-hydroxylation sites is 1. The lowest BCUT2D eigenvalue weighted by atomic mass is 10.1. The van der Waals surface area contributed by atoms with Crippen molar-refractivity contribution in [3.63, 3.8) is 0 Å². The van der Waals surface area contributed by atoms with Crippen molar-refractivity contribution < 1.29 is 29.4 Å². The zero-order valence-electron chi connectivity index (χ0n) is 15.6. The molecule has 0 fully saturated rings. The summed E-state index contributed by atoms with van der Waals surface area (Å²) in [5.41, 5.74) is 1.21. The Labute approximate surface area is 173 Å². The van der Waals surface area contributed by atoms with Crippen LogP contribution in [0, 0.1) is 0 Å². The number of rotatable bonds is 4. The monoisotopic (exact) mass is 423 g/mol. The van der Waals surface area contributed by atoms with E-state index in [0.717, 1.165) is 22.9 Å². The standard InChI is InChI=1S/C18H20ClNOS.C2H2O4/c1-20(2)11-5-8-17-14-12-13(19)9-10-15(14)21-16-6-3-4-7-18(16)22-17;3-1(4)2(5)6/h3-4,6-7,9-10,12,17H,5,8,11H2,1-2H3;(H,3,4)(H,5,6). The normalized spacial score (nSPS) is 14.6. The van der Waals surface area contributed by atoms with Crippen LogP contribution in [0.4, 0.5) is 0 Å². The molecule has 1 unspecified atom stereocenters. The highest BCUT2D eigenvalue weighted by Gasteiger charge is 2.24. The highest BCUT2D eigenvalue weighted by Crippen LogP contribution is 2.50. The Hall–Kier alpha value is -2.22. The highest BCUT2D eigenvalue weighted by molar-refractivity contribution is 7.99. The van der Waals surface area contributed by atoms with Crippen LogP contribution in [0.1, 0.15) is 23.7 Å². The number of hydrogen-bond acceptors (Lipinski definition) is 5. The van der Waals surface area contributed by atoms with E-state index in [1.807, 2.05) is 36.0 Å². The third-order valence-corrected chi connectivity index (χ3v) is 5.58. The molecule has 6 nitrogen and oxygen atoms in total. The zero-order valence-corrected chi connectivity index (χ0v) is 17.2. The average Bonchev–Trinajstić information content (AvgIpc) is 2.78. The predicted molar refractivity (Wildman–Crippen MR) is 106 cm³/mol. The lowest BCUT2D eigenvalue weighted by molar-refractivity contribution is -0.858. The lowest BCUT2D eigenvalue weighted by Gasteiger charge is -2.17. The molecule has 0 aliphatic carbocycles. The first-order valence-electron chi connectivity index (χ1n) is 8.74. The van der Waals surface area contributed by atoms with Gasteiger partial charge in [-0.15, -0.1) is 11.8 Å². The fourth-order valence-electron chi connectivity index (χ4n) is 2.69. The molecule has 0 saturated heterocycles. The van der Waals surface area contributed by atoms with Gasteiger partial charge < -0.3 is 24.6 Å². The first-order chi connectivity index (χ1) is 13.3. The van der Waals surface area contributed by atoms with Crippen LogP contribution in [-0.2, 0) is 9.59 Å². The number of aliphatic carboxylic acids is 2. The van der Waals surface area contributed by atoms with Crippen LogP contribution in [0.5, 0.6) is 11.5 Å². The molecule has 1 aliphatic heterocycles. The van der Waals surface area contributed by atoms with Crippen LogP contribution in [0.25, 0.3) is 0 Å². The number of fused-ring (bicyclic) bond motifs is 2. The van der Waals surface area contributed by atoms with E-state index >= 15 is 0 Å². The Morgan fingerprint density at radius 1 is 1.21 bits per heavy atom. The number of carbonyl (C=O) groups is 2. The molecule has 1 heterocycles. The maximum atomic E-state index is 9.04. The fourth-order valence-corrected chi connectivity index (χ4v) is 4.15. The molecule has 1 aliphatic rings. The van der Waals surface area contributed by atoms with Crippen molar-refractivity contribution >= 4 is 35.3 Å². The second-order valence-corrected chi connectivity index (χ2v) is 8.21. The van der Waals surface area contributed by atoms with Crippen molar-refractivity contribution in [2.24, 2.45) is 0 Å². The van der Waals surface area contributed by atoms with Crippen LogP contribution < -0.4 is 14.7 Å². The molecule has 28 heavy (non-hydrogen) atoms. The minimum Gasteiger partial charge on any atom is -0.539 e. The minimum absolute atomic E-state index is 0.386. The van der Waals surface area contributed by atoms with E-state index in [1.165, 1.54) is 28.3 Å². The van der Waals surface area contributed by atoms with E-state index in [4.69, 9.17) is 36.1 Å². The third-order valence-electron chi connectivity index (χ3n) is 3.97. The first kappa shape index (κ1) is 22.1. The van der Waals surface area contributed by atoms with Crippen molar-refractivity contribution in [3.05, 3.63) is 53.1 Å². The van der Waals surface area contributed by atoms with Gasteiger partial charge in [0.25, 0.3) is 0 Å². The van der Waals surface area contributed by atoms with Gasteiger partial charge in [0.15, 0.2) is 5.97 Å². The van der Waals surface area contributed by atoms with Crippen molar-refractivity contribution in [2.45, 2.75) is 23.0 Å². The Morgan fingerprint density at radius 2 is 1.89 bits per heavy atom. The molecule has 0 saturated carbocycles. The van der Waals surface area contributed by atoms with Crippen molar-refractivity contribution in [3.8, 4) is 11.5 Å². The number of nitrogens with one attached hydrogen (secondary N) is 1. The molecule has 2 aromatic carbocycles. The molecular weight excluding hydrogens is 402 g/mol. The van der Waals surface area contributed by atoms with Crippen molar-refractivity contribution in [1.82, 2.24) is 0 Å². The summed E-state index contributed by atoms with van der Waals surface area (Å²) in [4.78, 5) is 20.7. The summed E-state index contributed by atoms with van der Waals surface area (Å²) in [6, 6.07) is 14.2. The SMILES string of the molecule is C[NH+](C)CCCC1Sc2ccccc2Oc2ccc(Cl)cc21.O=C([O-])C(=O)O. The fraction of sp³-hybridized carbons (Fsp3) is 0.300. The Kier molecular flexibility index (Phi) is 8.17. The Morgan fingerprint density at radius 3 is 2.54 bits per heavy atom. The van der Waals surface area contributed by atoms with Gasteiger partial charge in [-0.2, -0.15) is 0 Å². The summed E-state index contributed by atoms with van der Waals surface area (Å²) in [5.74, 6) is -2.13.